The Morgan fingerprint density at radius 3 is 2.39 bits per heavy atom. The average Bonchev–Trinajstić information content (AvgIpc) is 2.75. The first kappa shape index (κ1) is 18.0. The van der Waals surface area contributed by atoms with E-state index >= 15 is 0 Å². The molecule has 0 aromatic heterocycles. The highest BCUT2D eigenvalue weighted by molar-refractivity contribution is 5.74. The van der Waals surface area contributed by atoms with Crippen LogP contribution in [-0.4, -0.2) is 12.6 Å². The molecule has 0 aliphatic carbocycles. The van der Waals surface area contributed by atoms with Crippen molar-refractivity contribution in [3.63, 3.8) is 0 Å². The maximum atomic E-state index is 12.4. The number of ether oxygens (including phenoxy) is 2. The smallest absolute Gasteiger partial charge is 0.314 e. The number of esters is 1. The molecule has 4 nitrogen and oxygen atoms in total. The molecule has 1 unspecified atom stereocenters. The first-order valence-corrected chi connectivity index (χ1v) is 9.23. The number of nitriles is 1. The van der Waals surface area contributed by atoms with E-state index in [9.17, 15) is 4.79 Å². The lowest BCUT2D eigenvalue weighted by Crippen LogP contribution is -2.21. The highest BCUT2D eigenvalue weighted by atomic mass is 16.5. The van der Waals surface area contributed by atoms with E-state index in [1.54, 1.807) is 24.3 Å². The van der Waals surface area contributed by atoms with E-state index in [1.807, 2.05) is 42.5 Å². The highest BCUT2D eigenvalue weighted by Gasteiger charge is 2.24. The number of nitrogens with zero attached hydrogens (tertiary/aromatic N) is 1. The zero-order valence-electron chi connectivity index (χ0n) is 15.3. The van der Waals surface area contributed by atoms with Crippen LogP contribution in [0.25, 0.3) is 11.1 Å². The normalized spacial score (nSPS) is 15.3. The van der Waals surface area contributed by atoms with Gasteiger partial charge in [-0.1, -0.05) is 48.5 Å². The second-order valence-electron chi connectivity index (χ2n) is 6.70. The number of carbonyl (C=O) groups is 1. The molecule has 0 spiro atoms. The Morgan fingerprint density at radius 1 is 1.00 bits per heavy atom. The second kappa shape index (κ2) is 8.08. The van der Waals surface area contributed by atoms with Gasteiger partial charge in [0, 0.05) is 0 Å². The minimum Gasteiger partial charge on any atom is -0.426 e. The van der Waals surface area contributed by atoms with Crippen molar-refractivity contribution in [1.29, 1.82) is 5.26 Å². The van der Waals surface area contributed by atoms with Gasteiger partial charge in [-0.15, -0.1) is 0 Å². The van der Waals surface area contributed by atoms with E-state index in [-0.39, 0.29) is 18.5 Å². The molecule has 0 bridgehead atoms. The summed E-state index contributed by atoms with van der Waals surface area (Å²) < 4.78 is 11.3. The average molecular weight is 369 g/mol. The van der Waals surface area contributed by atoms with Gasteiger partial charge in [-0.25, -0.2) is 0 Å². The van der Waals surface area contributed by atoms with Gasteiger partial charge in [0.25, 0.3) is 0 Å². The van der Waals surface area contributed by atoms with Gasteiger partial charge in [0.15, 0.2) is 0 Å². The predicted molar refractivity (Wildman–Crippen MR) is 106 cm³/mol. The maximum absolute atomic E-state index is 12.4. The molecule has 1 atom stereocenters. The van der Waals surface area contributed by atoms with Crippen LogP contribution in [-0.2, 0) is 16.0 Å². The minimum atomic E-state index is -0.312. The van der Waals surface area contributed by atoms with E-state index in [4.69, 9.17) is 14.7 Å². The van der Waals surface area contributed by atoms with Crippen molar-refractivity contribution in [3.05, 3.63) is 89.5 Å². The quantitative estimate of drug-likeness (QED) is 0.488. The van der Waals surface area contributed by atoms with Gasteiger partial charge in [-0.05, 0) is 52.9 Å². The molecule has 28 heavy (non-hydrogen) atoms. The zero-order chi connectivity index (χ0) is 19.3. The number of hydrogen-bond acceptors (Lipinski definition) is 4. The second-order valence-corrected chi connectivity index (χ2v) is 6.70. The summed E-state index contributed by atoms with van der Waals surface area (Å²) in [4.78, 5) is 12.4. The van der Waals surface area contributed by atoms with E-state index in [1.165, 1.54) is 5.56 Å². The summed E-state index contributed by atoms with van der Waals surface area (Å²) in [5, 5.41) is 8.88. The lowest BCUT2D eigenvalue weighted by Gasteiger charge is -2.25. The third-order valence-electron chi connectivity index (χ3n) is 4.88. The van der Waals surface area contributed by atoms with Crippen LogP contribution in [0.15, 0.2) is 72.8 Å². The summed E-state index contributed by atoms with van der Waals surface area (Å²) >= 11 is 0. The van der Waals surface area contributed by atoms with Crippen LogP contribution < -0.4 is 4.74 Å². The first-order chi connectivity index (χ1) is 13.7. The van der Waals surface area contributed by atoms with Crippen LogP contribution >= 0.6 is 0 Å². The molecular formula is C24H19NO3. The van der Waals surface area contributed by atoms with Crippen molar-refractivity contribution < 1.29 is 14.3 Å². The summed E-state index contributed by atoms with van der Waals surface area (Å²) in [6, 6.07) is 24.9. The number of rotatable bonds is 4. The van der Waals surface area contributed by atoms with Crippen LogP contribution in [0.4, 0.5) is 0 Å². The van der Waals surface area contributed by atoms with Crippen LogP contribution in [0, 0.1) is 11.3 Å². The van der Waals surface area contributed by atoms with Crippen LogP contribution in [0.2, 0.25) is 0 Å². The SMILES string of the molecule is N#Cc1ccc(-c2ccc(OC(=O)CC3OCCc4ccccc43)cc2)cc1. The summed E-state index contributed by atoms with van der Waals surface area (Å²) in [7, 11) is 0. The molecule has 138 valence electrons. The number of benzene rings is 3. The zero-order valence-corrected chi connectivity index (χ0v) is 15.3. The fraction of sp³-hybridized carbons (Fsp3) is 0.167. The van der Waals surface area contributed by atoms with E-state index in [0.29, 0.717) is 17.9 Å². The Labute approximate surface area is 164 Å². The fourth-order valence-electron chi connectivity index (χ4n) is 3.42. The van der Waals surface area contributed by atoms with E-state index < -0.39 is 0 Å². The molecule has 0 saturated heterocycles. The molecule has 4 heteroatoms. The minimum absolute atomic E-state index is 0.189. The monoisotopic (exact) mass is 369 g/mol. The molecule has 0 N–H and O–H groups in total. The molecule has 0 saturated carbocycles. The molecule has 1 heterocycles. The number of fused-ring (bicyclic) bond motifs is 1. The summed E-state index contributed by atoms with van der Waals surface area (Å²) in [5.74, 6) is 0.194. The van der Waals surface area contributed by atoms with Crippen molar-refractivity contribution in [1.82, 2.24) is 0 Å². The Balaban J connectivity index is 1.41. The molecular weight excluding hydrogens is 350 g/mol. The van der Waals surface area contributed by atoms with Gasteiger partial charge >= 0.3 is 5.97 Å². The van der Waals surface area contributed by atoms with Gasteiger partial charge in [0.1, 0.15) is 5.75 Å². The topological polar surface area (TPSA) is 59.3 Å². The fourth-order valence-corrected chi connectivity index (χ4v) is 3.42. The Hall–Kier alpha value is -3.42. The van der Waals surface area contributed by atoms with Crippen LogP contribution in [0.3, 0.4) is 0 Å². The Bertz CT molecular complexity index is 1020. The van der Waals surface area contributed by atoms with Gasteiger partial charge < -0.3 is 9.47 Å². The molecule has 0 fully saturated rings. The van der Waals surface area contributed by atoms with Crippen molar-refractivity contribution in [2.24, 2.45) is 0 Å². The first-order valence-electron chi connectivity index (χ1n) is 9.23. The molecule has 0 radical (unpaired) electrons. The van der Waals surface area contributed by atoms with Crippen molar-refractivity contribution in [2.45, 2.75) is 18.9 Å². The third-order valence-corrected chi connectivity index (χ3v) is 4.88. The van der Waals surface area contributed by atoms with Gasteiger partial charge in [0.05, 0.1) is 30.8 Å². The largest absolute Gasteiger partial charge is 0.426 e. The van der Waals surface area contributed by atoms with Gasteiger partial charge in [0.2, 0.25) is 0 Å². The van der Waals surface area contributed by atoms with E-state index in [2.05, 4.69) is 12.1 Å². The van der Waals surface area contributed by atoms with Crippen molar-refractivity contribution in [2.75, 3.05) is 6.61 Å². The molecule has 1 aliphatic rings. The lowest BCUT2D eigenvalue weighted by molar-refractivity contribution is -0.138. The van der Waals surface area contributed by atoms with Gasteiger partial charge in [-0.3, -0.25) is 4.79 Å². The Kier molecular flexibility index (Phi) is 5.18. The molecule has 3 aromatic carbocycles. The van der Waals surface area contributed by atoms with Crippen molar-refractivity contribution >= 4 is 5.97 Å². The molecule has 0 amide bonds. The predicted octanol–water partition coefficient (Wildman–Crippen LogP) is 4.83. The summed E-state index contributed by atoms with van der Waals surface area (Å²) in [6.45, 7) is 0.619. The standard InChI is InChI=1S/C24H19NO3/c25-16-17-5-7-18(8-6-17)19-9-11-21(12-10-19)28-24(26)15-23-22-4-2-1-3-20(22)13-14-27-23/h1-12,23H,13-15H2. The van der Waals surface area contributed by atoms with Crippen LogP contribution in [0.1, 0.15) is 29.2 Å². The van der Waals surface area contributed by atoms with Crippen LogP contribution in [0.5, 0.6) is 5.75 Å². The van der Waals surface area contributed by atoms with Crippen molar-refractivity contribution in [3.8, 4) is 22.9 Å². The summed E-state index contributed by atoms with van der Waals surface area (Å²) in [6.07, 6.45) is 0.808. The highest BCUT2D eigenvalue weighted by Crippen LogP contribution is 2.30. The number of hydrogen-bond donors (Lipinski definition) is 0. The molecule has 1 aliphatic heterocycles. The van der Waals surface area contributed by atoms with Gasteiger partial charge in [-0.2, -0.15) is 5.26 Å². The Morgan fingerprint density at radius 2 is 1.68 bits per heavy atom. The molecule has 4 rings (SSSR count). The number of carbonyl (C=O) groups excluding carboxylic acids is 1. The van der Waals surface area contributed by atoms with E-state index in [0.717, 1.165) is 23.1 Å². The third kappa shape index (κ3) is 3.95. The summed E-state index contributed by atoms with van der Waals surface area (Å²) in [5.41, 5.74) is 4.93. The molecule has 3 aromatic rings. The lowest BCUT2D eigenvalue weighted by atomic mass is 9.96. The maximum Gasteiger partial charge on any atom is 0.314 e.